The fourth-order valence-corrected chi connectivity index (χ4v) is 2.52. The molecule has 0 spiro atoms. The molecule has 0 aliphatic carbocycles. The predicted octanol–water partition coefficient (Wildman–Crippen LogP) is 4.48. The van der Waals surface area contributed by atoms with Gasteiger partial charge < -0.3 is 4.74 Å². The number of carbonyl (C=O) groups excluding carboxylic acids is 1. The molecule has 0 amide bonds. The Morgan fingerprint density at radius 2 is 1.83 bits per heavy atom. The minimum absolute atomic E-state index is 0.324. The largest absolute Gasteiger partial charge is 0.461 e. The maximum absolute atomic E-state index is 12.3. The van der Waals surface area contributed by atoms with Gasteiger partial charge in [-0.05, 0) is 37.3 Å². The lowest BCUT2D eigenvalue weighted by atomic mass is 10.1. The van der Waals surface area contributed by atoms with E-state index in [1.165, 1.54) is 0 Å². The Morgan fingerprint density at radius 3 is 2.48 bits per heavy atom. The molecule has 0 saturated heterocycles. The molecule has 23 heavy (non-hydrogen) atoms. The molecule has 1 aromatic heterocycles. The number of benzene rings is 2. The molecule has 1 heterocycles. The number of aromatic nitrogens is 2. The second-order valence-electron chi connectivity index (χ2n) is 4.89. The van der Waals surface area contributed by atoms with Gasteiger partial charge in [0.1, 0.15) is 0 Å². The Morgan fingerprint density at radius 1 is 1.13 bits per heavy atom. The Kier molecular flexibility index (Phi) is 4.57. The molecule has 0 N–H and O–H groups in total. The van der Waals surface area contributed by atoms with E-state index in [-0.39, 0.29) is 5.97 Å². The van der Waals surface area contributed by atoms with E-state index in [9.17, 15) is 4.79 Å². The van der Waals surface area contributed by atoms with Gasteiger partial charge in [-0.3, -0.25) is 0 Å². The first-order valence-corrected chi connectivity index (χ1v) is 8.07. The molecule has 0 bridgehead atoms. The minimum atomic E-state index is -0.384. The van der Waals surface area contributed by atoms with Crippen LogP contribution in [0, 0.1) is 0 Å². The van der Waals surface area contributed by atoms with Crippen LogP contribution in [0.2, 0.25) is 0 Å². The van der Waals surface area contributed by atoms with E-state index in [4.69, 9.17) is 4.74 Å². The molecule has 0 aliphatic heterocycles. The number of esters is 1. The molecular formula is C18H15BrN2O2. The Hall–Kier alpha value is -2.40. The maximum atomic E-state index is 12.3. The van der Waals surface area contributed by atoms with Crippen LogP contribution in [0.5, 0.6) is 0 Å². The first kappa shape index (κ1) is 15.5. The van der Waals surface area contributed by atoms with Gasteiger partial charge in [0, 0.05) is 10.0 Å². The van der Waals surface area contributed by atoms with Crippen molar-refractivity contribution < 1.29 is 9.53 Å². The minimum Gasteiger partial charge on any atom is -0.461 e. The van der Waals surface area contributed by atoms with Crippen LogP contribution < -0.4 is 0 Å². The highest BCUT2D eigenvalue weighted by Gasteiger charge is 2.18. The van der Waals surface area contributed by atoms with Crippen LogP contribution >= 0.6 is 15.9 Å². The normalized spacial score (nSPS) is 10.5. The fraction of sp³-hybridized carbons (Fsp3) is 0.111. The zero-order valence-corrected chi connectivity index (χ0v) is 14.2. The first-order chi connectivity index (χ1) is 11.2. The monoisotopic (exact) mass is 370 g/mol. The topological polar surface area (TPSA) is 44.1 Å². The first-order valence-electron chi connectivity index (χ1n) is 7.27. The van der Waals surface area contributed by atoms with Crippen LogP contribution in [-0.4, -0.2) is 22.4 Å². The quantitative estimate of drug-likeness (QED) is 0.636. The van der Waals surface area contributed by atoms with E-state index in [1.54, 1.807) is 17.7 Å². The molecule has 3 aromatic rings. The van der Waals surface area contributed by atoms with Crippen molar-refractivity contribution in [1.82, 2.24) is 9.78 Å². The molecular weight excluding hydrogens is 356 g/mol. The molecule has 5 heteroatoms. The van der Waals surface area contributed by atoms with Crippen molar-refractivity contribution in [3.05, 3.63) is 70.8 Å². The number of halogens is 1. The van der Waals surface area contributed by atoms with E-state index in [0.29, 0.717) is 12.3 Å². The summed E-state index contributed by atoms with van der Waals surface area (Å²) in [7, 11) is 0. The van der Waals surface area contributed by atoms with Crippen LogP contribution in [0.4, 0.5) is 0 Å². The van der Waals surface area contributed by atoms with Crippen LogP contribution in [0.1, 0.15) is 17.4 Å². The Balaban J connectivity index is 2.10. The predicted molar refractivity (Wildman–Crippen MR) is 92.7 cm³/mol. The molecule has 4 nitrogen and oxygen atoms in total. The summed E-state index contributed by atoms with van der Waals surface area (Å²) < 4.78 is 7.74. The van der Waals surface area contributed by atoms with Crippen LogP contribution in [0.15, 0.2) is 65.1 Å². The van der Waals surface area contributed by atoms with Gasteiger partial charge in [0.05, 0.1) is 18.0 Å². The molecule has 0 saturated carbocycles. The summed E-state index contributed by atoms with van der Waals surface area (Å²) in [4.78, 5) is 12.3. The fourth-order valence-electron chi connectivity index (χ4n) is 2.26. The second kappa shape index (κ2) is 6.79. The van der Waals surface area contributed by atoms with E-state index in [2.05, 4.69) is 21.0 Å². The lowest BCUT2D eigenvalue weighted by Gasteiger charge is -2.06. The van der Waals surface area contributed by atoms with Gasteiger partial charge in [-0.25, -0.2) is 9.48 Å². The van der Waals surface area contributed by atoms with Gasteiger partial charge in [0.15, 0.2) is 5.69 Å². The van der Waals surface area contributed by atoms with Gasteiger partial charge in [0.25, 0.3) is 0 Å². The lowest BCUT2D eigenvalue weighted by Crippen LogP contribution is -2.11. The van der Waals surface area contributed by atoms with Crippen LogP contribution in [0.25, 0.3) is 16.9 Å². The average Bonchev–Trinajstić information content (AvgIpc) is 3.02. The Bertz CT molecular complexity index is 811. The molecule has 0 atom stereocenters. The zero-order chi connectivity index (χ0) is 16.2. The zero-order valence-electron chi connectivity index (χ0n) is 12.6. The summed E-state index contributed by atoms with van der Waals surface area (Å²) in [5.41, 5.74) is 2.90. The van der Waals surface area contributed by atoms with Gasteiger partial charge in [-0.15, -0.1) is 0 Å². The third-order valence-electron chi connectivity index (χ3n) is 3.33. The van der Waals surface area contributed by atoms with E-state index in [1.807, 2.05) is 54.6 Å². The lowest BCUT2D eigenvalue weighted by molar-refractivity contribution is 0.0516. The molecule has 0 radical (unpaired) electrons. The number of carbonyl (C=O) groups is 1. The number of hydrogen-bond donors (Lipinski definition) is 0. The summed E-state index contributed by atoms with van der Waals surface area (Å²) >= 11 is 3.41. The highest BCUT2D eigenvalue weighted by atomic mass is 79.9. The second-order valence-corrected chi connectivity index (χ2v) is 5.81. The van der Waals surface area contributed by atoms with Gasteiger partial charge in [-0.2, -0.15) is 5.10 Å². The van der Waals surface area contributed by atoms with Crippen LogP contribution in [0.3, 0.4) is 0 Å². The van der Waals surface area contributed by atoms with Crippen molar-refractivity contribution in [3.63, 3.8) is 0 Å². The summed E-state index contributed by atoms with van der Waals surface area (Å²) in [6.07, 6.45) is 0. The molecule has 3 rings (SSSR count). The van der Waals surface area contributed by atoms with Crippen molar-refractivity contribution in [2.45, 2.75) is 6.92 Å². The van der Waals surface area contributed by atoms with Crippen molar-refractivity contribution in [3.8, 4) is 16.9 Å². The van der Waals surface area contributed by atoms with Gasteiger partial charge in [0.2, 0.25) is 0 Å². The van der Waals surface area contributed by atoms with Crippen LogP contribution in [-0.2, 0) is 4.74 Å². The molecule has 116 valence electrons. The van der Waals surface area contributed by atoms with Crippen molar-refractivity contribution in [2.75, 3.05) is 6.61 Å². The number of rotatable bonds is 4. The van der Waals surface area contributed by atoms with Crippen molar-refractivity contribution in [2.24, 2.45) is 0 Å². The molecule has 0 aliphatic rings. The number of hydrogen-bond acceptors (Lipinski definition) is 3. The smallest absolute Gasteiger partial charge is 0.357 e. The van der Waals surface area contributed by atoms with Gasteiger partial charge in [-0.1, -0.05) is 46.3 Å². The maximum Gasteiger partial charge on any atom is 0.357 e. The van der Waals surface area contributed by atoms with E-state index in [0.717, 1.165) is 21.4 Å². The number of ether oxygens (including phenoxy) is 1. The van der Waals surface area contributed by atoms with E-state index >= 15 is 0 Å². The summed E-state index contributed by atoms with van der Waals surface area (Å²) in [6, 6.07) is 19.1. The average molecular weight is 371 g/mol. The Labute approximate surface area is 142 Å². The van der Waals surface area contributed by atoms with E-state index < -0.39 is 0 Å². The third-order valence-corrected chi connectivity index (χ3v) is 3.86. The van der Waals surface area contributed by atoms with Crippen molar-refractivity contribution >= 4 is 21.9 Å². The summed E-state index contributed by atoms with van der Waals surface area (Å²) in [5, 5.41) is 4.58. The summed E-state index contributed by atoms with van der Waals surface area (Å²) in [6.45, 7) is 2.11. The molecule has 0 fully saturated rings. The SMILES string of the molecule is CCOC(=O)c1cc(-c2ccccc2)nn1-c1ccc(Br)cc1. The summed E-state index contributed by atoms with van der Waals surface area (Å²) in [5.74, 6) is -0.384. The highest BCUT2D eigenvalue weighted by molar-refractivity contribution is 9.10. The van der Waals surface area contributed by atoms with Gasteiger partial charge >= 0.3 is 5.97 Å². The number of nitrogens with zero attached hydrogens (tertiary/aromatic N) is 2. The highest BCUT2D eigenvalue weighted by Crippen LogP contribution is 2.23. The van der Waals surface area contributed by atoms with Crippen molar-refractivity contribution in [1.29, 1.82) is 0 Å². The third kappa shape index (κ3) is 3.35. The standard InChI is InChI=1S/C18H15BrN2O2/c1-2-23-18(22)17-12-16(13-6-4-3-5-7-13)20-21(17)15-10-8-14(19)9-11-15/h3-12H,2H2,1H3. The molecule has 0 unspecified atom stereocenters. The molecule has 2 aromatic carbocycles.